The summed E-state index contributed by atoms with van der Waals surface area (Å²) < 4.78 is 17.0. The van der Waals surface area contributed by atoms with Crippen LogP contribution in [0.5, 0.6) is 0 Å². The van der Waals surface area contributed by atoms with Crippen LogP contribution in [0.3, 0.4) is 0 Å². The maximum atomic E-state index is 11.9. The van der Waals surface area contributed by atoms with Crippen LogP contribution in [0.1, 0.15) is 5.56 Å². The van der Waals surface area contributed by atoms with Crippen LogP contribution in [0.15, 0.2) is 54.6 Å². The van der Waals surface area contributed by atoms with Crippen molar-refractivity contribution in [2.24, 2.45) is 0 Å². The molecule has 0 amide bonds. The normalized spacial score (nSPS) is 10.4. The Hall–Kier alpha value is -1.67. The van der Waals surface area contributed by atoms with Crippen LogP contribution < -0.4 is 0 Å². The van der Waals surface area contributed by atoms with E-state index in [4.69, 9.17) is 4.74 Å². The van der Waals surface area contributed by atoms with E-state index in [-0.39, 0.29) is 6.61 Å². The van der Waals surface area contributed by atoms with Crippen LogP contribution in [0, 0.1) is 0 Å². The molecule has 0 saturated carbocycles. The highest BCUT2D eigenvalue weighted by molar-refractivity contribution is 5.63. The lowest BCUT2D eigenvalue weighted by Gasteiger charge is -2.04. The molecule has 0 aromatic heterocycles. The molecule has 0 aliphatic carbocycles. The van der Waals surface area contributed by atoms with Gasteiger partial charge in [-0.2, -0.15) is 0 Å². The lowest BCUT2D eigenvalue weighted by atomic mass is 10.0. The highest BCUT2D eigenvalue weighted by Gasteiger charge is 1.97. The van der Waals surface area contributed by atoms with Crippen LogP contribution in [0.4, 0.5) is 4.39 Å². The standard InChI is InChI=1S/C15H15FO/c16-10-11-17-12-13-6-8-15(9-7-13)14-4-2-1-3-5-14/h1-9H,10-12H2. The van der Waals surface area contributed by atoms with Gasteiger partial charge in [0.05, 0.1) is 13.2 Å². The highest BCUT2D eigenvalue weighted by Crippen LogP contribution is 2.19. The fourth-order valence-corrected chi connectivity index (χ4v) is 1.67. The van der Waals surface area contributed by atoms with Crippen molar-refractivity contribution in [1.82, 2.24) is 0 Å². The van der Waals surface area contributed by atoms with Crippen molar-refractivity contribution in [1.29, 1.82) is 0 Å². The van der Waals surface area contributed by atoms with Gasteiger partial charge < -0.3 is 4.74 Å². The first-order valence-electron chi connectivity index (χ1n) is 5.68. The Morgan fingerprint density at radius 2 is 1.47 bits per heavy atom. The van der Waals surface area contributed by atoms with Crippen LogP contribution in [-0.4, -0.2) is 13.3 Å². The molecule has 0 aliphatic heterocycles. The Balaban J connectivity index is 2.03. The Morgan fingerprint density at radius 3 is 2.12 bits per heavy atom. The summed E-state index contributed by atoms with van der Waals surface area (Å²) in [4.78, 5) is 0. The molecule has 2 aromatic rings. The van der Waals surface area contributed by atoms with Crippen molar-refractivity contribution >= 4 is 0 Å². The van der Waals surface area contributed by atoms with Gasteiger partial charge in [-0.15, -0.1) is 0 Å². The number of halogens is 1. The molecule has 0 unspecified atom stereocenters. The van der Waals surface area contributed by atoms with E-state index < -0.39 is 6.67 Å². The summed E-state index contributed by atoms with van der Waals surface area (Å²) in [5, 5.41) is 0. The predicted molar refractivity (Wildman–Crippen MR) is 67.5 cm³/mol. The molecule has 0 radical (unpaired) electrons. The van der Waals surface area contributed by atoms with Gasteiger partial charge in [0.2, 0.25) is 0 Å². The zero-order valence-corrected chi connectivity index (χ0v) is 9.60. The monoisotopic (exact) mass is 230 g/mol. The zero-order valence-electron chi connectivity index (χ0n) is 9.60. The molecule has 2 rings (SSSR count). The van der Waals surface area contributed by atoms with E-state index in [2.05, 4.69) is 24.3 Å². The van der Waals surface area contributed by atoms with Gasteiger partial charge in [0.15, 0.2) is 0 Å². The third-order valence-corrected chi connectivity index (χ3v) is 2.55. The lowest BCUT2D eigenvalue weighted by molar-refractivity contribution is 0.106. The summed E-state index contributed by atoms with van der Waals surface area (Å²) in [7, 11) is 0. The number of hydrogen-bond acceptors (Lipinski definition) is 1. The minimum Gasteiger partial charge on any atom is -0.374 e. The average Bonchev–Trinajstić information content (AvgIpc) is 2.41. The smallest absolute Gasteiger partial charge is 0.113 e. The van der Waals surface area contributed by atoms with Crippen LogP contribution in [0.25, 0.3) is 11.1 Å². The van der Waals surface area contributed by atoms with Gasteiger partial charge in [-0.1, -0.05) is 54.6 Å². The number of ether oxygens (including phenoxy) is 1. The number of rotatable bonds is 5. The summed E-state index contributed by atoms with van der Waals surface area (Å²) in [6.07, 6.45) is 0. The van der Waals surface area contributed by atoms with E-state index in [1.807, 2.05) is 30.3 Å². The fourth-order valence-electron chi connectivity index (χ4n) is 1.67. The van der Waals surface area contributed by atoms with Gasteiger partial charge in [0.1, 0.15) is 6.67 Å². The molecule has 0 N–H and O–H groups in total. The summed E-state index contributed by atoms with van der Waals surface area (Å²) in [5.74, 6) is 0. The maximum Gasteiger partial charge on any atom is 0.113 e. The van der Waals surface area contributed by atoms with Crippen molar-refractivity contribution in [3.63, 3.8) is 0 Å². The SMILES string of the molecule is FCCOCc1ccc(-c2ccccc2)cc1. The van der Waals surface area contributed by atoms with E-state index >= 15 is 0 Å². The second-order valence-electron chi connectivity index (χ2n) is 3.80. The second kappa shape index (κ2) is 6.16. The molecule has 0 bridgehead atoms. The summed E-state index contributed by atoms with van der Waals surface area (Å²) >= 11 is 0. The Morgan fingerprint density at radius 1 is 0.824 bits per heavy atom. The summed E-state index contributed by atoms with van der Waals surface area (Å²) in [6.45, 7) is 0.210. The van der Waals surface area contributed by atoms with Gasteiger partial charge in [0, 0.05) is 0 Å². The second-order valence-corrected chi connectivity index (χ2v) is 3.80. The molecule has 0 aliphatic rings. The van der Waals surface area contributed by atoms with Crippen molar-refractivity contribution in [3.05, 3.63) is 60.2 Å². The quantitative estimate of drug-likeness (QED) is 0.709. The Labute approximate surface area is 101 Å². The molecule has 2 aromatic carbocycles. The van der Waals surface area contributed by atoms with Crippen molar-refractivity contribution in [2.45, 2.75) is 6.61 Å². The molecule has 17 heavy (non-hydrogen) atoms. The maximum absolute atomic E-state index is 11.9. The molecular weight excluding hydrogens is 215 g/mol. The van der Waals surface area contributed by atoms with Crippen LogP contribution >= 0.6 is 0 Å². The van der Waals surface area contributed by atoms with Crippen molar-refractivity contribution < 1.29 is 9.13 Å². The molecule has 0 spiro atoms. The number of benzene rings is 2. The molecular formula is C15H15FO. The minimum atomic E-state index is -0.428. The highest BCUT2D eigenvalue weighted by atomic mass is 19.1. The van der Waals surface area contributed by atoms with E-state index in [0.717, 1.165) is 5.56 Å². The van der Waals surface area contributed by atoms with Gasteiger partial charge in [-0.3, -0.25) is 0 Å². The first-order chi connectivity index (χ1) is 8.40. The summed E-state index contributed by atoms with van der Waals surface area (Å²) in [6, 6.07) is 18.3. The van der Waals surface area contributed by atoms with Gasteiger partial charge >= 0.3 is 0 Å². The van der Waals surface area contributed by atoms with Crippen molar-refractivity contribution in [2.75, 3.05) is 13.3 Å². The molecule has 0 atom stereocenters. The zero-order chi connectivity index (χ0) is 11.9. The molecule has 88 valence electrons. The largest absolute Gasteiger partial charge is 0.374 e. The first kappa shape index (κ1) is 11.8. The number of hydrogen-bond donors (Lipinski definition) is 0. The fraction of sp³-hybridized carbons (Fsp3) is 0.200. The molecule has 2 heteroatoms. The van der Waals surface area contributed by atoms with Crippen molar-refractivity contribution in [3.8, 4) is 11.1 Å². The molecule has 1 nitrogen and oxygen atoms in total. The third kappa shape index (κ3) is 3.40. The van der Waals surface area contributed by atoms with Gasteiger partial charge in [0.25, 0.3) is 0 Å². The molecule has 0 fully saturated rings. The van der Waals surface area contributed by atoms with Gasteiger partial charge in [-0.05, 0) is 16.7 Å². The Bertz CT molecular complexity index is 436. The minimum absolute atomic E-state index is 0.167. The topological polar surface area (TPSA) is 9.23 Å². The lowest BCUT2D eigenvalue weighted by Crippen LogP contribution is -1.96. The van der Waals surface area contributed by atoms with Crippen LogP contribution in [0.2, 0.25) is 0 Å². The van der Waals surface area contributed by atoms with E-state index in [9.17, 15) is 4.39 Å². The Kier molecular flexibility index (Phi) is 4.28. The molecule has 0 saturated heterocycles. The molecule has 0 heterocycles. The predicted octanol–water partition coefficient (Wildman–Crippen LogP) is 3.84. The van der Waals surface area contributed by atoms with Crippen LogP contribution in [-0.2, 0) is 11.3 Å². The van der Waals surface area contributed by atoms with E-state index in [0.29, 0.717) is 6.61 Å². The number of alkyl halides is 1. The first-order valence-corrected chi connectivity index (χ1v) is 5.68. The van der Waals surface area contributed by atoms with E-state index in [1.54, 1.807) is 0 Å². The summed E-state index contributed by atoms with van der Waals surface area (Å²) in [5.41, 5.74) is 3.45. The third-order valence-electron chi connectivity index (χ3n) is 2.55. The van der Waals surface area contributed by atoms with Gasteiger partial charge in [-0.25, -0.2) is 4.39 Å². The average molecular weight is 230 g/mol. The van der Waals surface area contributed by atoms with E-state index in [1.165, 1.54) is 11.1 Å².